The Kier molecular flexibility index (Phi) is 4.91. The first-order chi connectivity index (χ1) is 7.15. The predicted octanol–water partition coefficient (Wildman–Crippen LogP) is 2.15. The van der Waals surface area contributed by atoms with E-state index in [9.17, 15) is 5.11 Å². The topological polar surface area (TPSA) is 59.1 Å². The molecule has 3 nitrogen and oxygen atoms in total. The third-order valence-electron chi connectivity index (χ3n) is 2.07. The molecule has 1 rings (SSSR count). The summed E-state index contributed by atoms with van der Waals surface area (Å²) < 4.78 is 0. The van der Waals surface area contributed by atoms with E-state index in [1.807, 2.05) is 13.0 Å². The molecule has 0 saturated heterocycles. The Labute approximate surface area is 95.1 Å². The summed E-state index contributed by atoms with van der Waals surface area (Å²) in [6.45, 7) is 4.07. The minimum Gasteiger partial charge on any atom is -0.387 e. The molecule has 1 unspecified atom stereocenters. The number of nitrogens with two attached hydrogens (primary N) is 1. The van der Waals surface area contributed by atoms with Crippen LogP contribution in [0.15, 0.2) is 12.3 Å². The SMILES string of the molecule is CCCSCC(O)c1cc(C)cnc1N. The summed E-state index contributed by atoms with van der Waals surface area (Å²) in [5.74, 6) is 2.18. The van der Waals surface area contributed by atoms with Crippen LogP contribution in [0.4, 0.5) is 5.82 Å². The molecule has 0 amide bonds. The second kappa shape index (κ2) is 5.98. The number of anilines is 1. The Bertz CT molecular complexity index is 317. The van der Waals surface area contributed by atoms with Crippen molar-refractivity contribution in [2.24, 2.45) is 0 Å². The van der Waals surface area contributed by atoms with Crippen LogP contribution in [0.5, 0.6) is 0 Å². The van der Waals surface area contributed by atoms with Gasteiger partial charge in [-0.2, -0.15) is 11.8 Å². The highest BCUT2D eigenvalue weighted by molar-refractivity contribution is 7.99. The van der Waals surface area contributed by atoms with Crippen molar-refractivity contribution in [3.8, 4) is 0 Å². The molecule has 0 fully saturated rings. The number of aliphatic hydroxyl groups is 1. The number of thioether (sulfide) groups is 1. The third-order valence-corrected chi connectivity index (χ3v) is 3.32. The van der Waals surface area contributed by atoms with Crippen LogP contribution in [0, 0.1) is 6.92 Å². The van der Waals surface area contributed by atoms with Gasteiger partial charge in [0.05, 0.1) is 6.10 Å². The van der Waals surface area contributed by atoms with Gasteiger partial charge in [-0.25, -0.2) is 4.98 Å². The zero-order valence-corrected chi connectivity index (χ0v) is 10.0. The standard InChI is InChI=1S/C11H18N2OS/c1-3-4-15-7-10(14)9-5-8(2)6-13-11(9)12/h5-6,10,14H,3-4,7H2,1-2H3,(H2,12,13). The smallest absolute Gasteiger partial charge is 0.129 e. The van der Waals surface area contributed by atoms with Gasteiger partial charge in [-0.15, -0.1) is 0 Å². The Hall–Kier alpha value is -0.740. The van der Waals surface area contributed by atoms with E-state index >= 15 is 0 Å². The number of nitrogen functional groups attached to an aromatic ring is 1. The lowest BCUT2D eigenvalue weighted by Gasteiger charge is -2.12. The lowest BCUT2D eigenvalue weighted by molar-refractivity contribution is 0.204. The molecule has 0 bridgehead atoms. The normalized spacial score (nSPS) is 12.7. The highest BCUT2D eigenvalue weighted by atomic mass is 32.2. The van der Waals surface area contributed by atoms with Gasteiger partial charge in [-0.3, -0.25) is 0 Å². The van der Waals surface area contributed by atoms with Crippen molar-refractivity contribution in [1.29, 1.82) is 0 Å². The van der Waals surface area contributed by atoms with Crippen LogP contribution in [-0.2, 0) is 0 Å². The summed E-state index contributed by atoms with van der Waals surface area (Å²) >= 11 is 1.74. The van der Waals surface area contributed by atoms with E-state index in [0.717, 1.165) is 23.3 Å². The number of aliphatic hydroxyl groups excluding tert-OH is 1. The molecule has 0 aliphatic carbocycles. The van der Waals surface area contributed by atoms with Gasteiger partial charge in [-0.05, 0) is 30.7 Å². The van der Waals surface area contributed by atoms with Crippen molar-refractivity contribution in [2.75, 3.05) is 17.2 Å². The summed E-state index contributed by atoms with van der Waals surface area (Å²) in [6.07, 6.45) is 2.33. The molecule has 3 N–H and O–H groups in total. The summed E-state index contributed by atoms with van der Waals surface area (Å²) in [5, 5.41) is 9.91. The average molecular weight is 226 g/mol. The van der Waals surface area contributed by atoms with E-state index in [1.54, 1.807) is 18.0 Å². The summed E-state index contributed by atoms with van der Waals surface area (Å²) in [7, 11) is 0. The van der Waals surface area contributed by atoms with Gasteiger partial charge < -0.3 is 10.8 Å². The zero-order chi connectivity index (χ0) is 11.3. The number of pyridine rings is 1. The number of hydrogen-bond acceptors (Lipinski definition) is 4. The number of aromatic nitrogens is 1. The Morgan fingerprint density at radius 1 is 1.60 bits per heavy atom. The van der Waals surface area contributed by atoms with Crippen LogP contribution in [0.2, 0.25) is 0 Å². The first-order valence-corrected chi connectivity index (χ1v) is 6.28. The van der Waals surface area contributed by atoms with Gasteiger partial charge in [0.15, 0.2) is 0 Å². The number of rotatable bonds is 5. The minimum absolute atomic E-state index is 0.435. The van der Waals surface area contributed by atoms with Gasteiger partial charge in [0.25, 0.3) is 0 Å². The first kappa shape index (κ1) is 12.3. The van der Waals surface area contributed by atoms with E-state index in [2.05, 4.69) is 11.9 Å². The molecule has 1 aromatic heterocycles. The molecule has 4 heteroatoms. The van der Waals surface area contributed by atoms with E-state index < -0.39 is 6.10 Å². The van der Waals surface area contributed by atoms with E-state index in [-0.39, 0.29) is 0 Å². The van der Waals surface area contributed by atoms with E-state index in [4.69, 9.17) is 5.73 Å². The van der Waals surface area contributed by atoms with Crippen LogP contribution in [0.1, 0.15) is 30.6 Å². The molecule has 1 atom stereocenters. The Morgan fingerprint density at radius 3 is 3.00 bits per heavy atom. The second-order valence-corrected chi connectivity index (χ2v) is 4.73. The maximum Gasteiger partial charge on any atom is 0.129 e. The first-order valence-electron chi connectivity index (χ1n) is 5.13. The quantitative estimate of drug-likeness (QED) is 0.755. The van der Waals surface area contributed by atoms with Crippen molar-refractivity contribution < 1.29 is 5.11 Å². The molecule has 0 aliphatic heterocycles. The van der Waals surface area contributed by atoms with Crippen LogP contribution in [0.25, 0.3) is 0 Å². The molecule has 0 aromatic carbocycles. The van der Waals surface area contributed by atoms with Crippen molar-refractivity contribution in [3.63, 3.8) is 0 Å². The third kappa shape index (κ3) is 3.72. The largest absolute Gasteiger partial charge is 0.387 e. The molecule has 0 aliphatic rings. The van der Waals surface area contributed by atoms with Crippen LogP contribution >= 0.6 is 11.8 Å². The van der Waals surface area contributed by atoms with Crippen molar-refractivity contribution in [2.45, 2.75) is 26.4 Å². The zero-order valence-electron chi connectivity index (χ0n) is 9.23. The van der Waals surface area contributed by atoms with Gasteiger partial charge in [0, 0.05) is 17.5 Å². The lowest BCUT2D eigenvalue weighted by Crippen LogP contribution is -2.07. The Balaban J connectivity index is 2.64. The van der Waals surface area contributed by atoms with Crippen molar-refractivity contribution in [1.82, 2.24) is 4.98 Å². The summed E-state index contributed by atoms with van der Waals surface area (Å²) in [5.41, 5.74) is 7.49. The second-order valence-electron chi connectivity index (χ2n) is 3.58. The number of aryl methyl sites for hydroxylation is 1. The van der Waals surface area contributed by atoms with Crippen LogP contribution in [-0.4, -0.2) is 21.6 Å². The van der Waals surface area contributed by atoms with E-state index in [0.29, 0.717) is 11.6 Å². The van der Waals surface area contributed by atoms with Gasteiger partial charge in [-0.1, -0.05) is 6.92 Å². The molecule has 0 spiro atoms. The highest BCUT2D eigenvalue weighted by Gasteiger charge is 2.11. The molecule has 84 valence electrons. The van der Waals surface area contributed by atoms with Crippen molar-refractivity contribution >= 4 is 17.6 Å². The molecule has 1 aromatic rings. The number of hydrogen-bond donors (Lipinski definition) is 2. The monoisotopic (exact) mass is 226 g/mol. The predicted molar refractivity (Wildman–Crippen MR) is 66.0 cm³/mol. The summed E-state index contributed by atoms with van der Waals surface area (Å²) in [6, 6.07) is 1.90. The fourth-order valence-electron chi connectivity index (χ4n) is 1.30. The molecule has 15 heavy (non-hydrogen) atoms. The fourth-order valence-corrected chi connectivity index (χ4v) is 2.16. The van der Waals surface area contributed by atoms with Crippen LogP contribution in [0.3, 0.4) is 0 Å². The van der Waals surface area contributed by atoms with Gasteiger partial charge in [0.1, 0.15) is 5.82 Å². The van der Waals surface area contributed by atoms with Crippen molar-refractivity contribution in [3.05, 3.63) is 23.4 Å². The molecular formula is C11H18N2OS. The molecular weight excluding hydrogens is 208 g/mol. The van der Waals surface area contributed by atoms with Gasteiger partial charge in [0.2, 0.25) is 0 Å². The highest BCUT2D eigenvalue weighted by Crippen LogP contribution is 2.23. The van der Waals surface area contributed by atoms with Crippen LogP contribution < -0.4 is 5.73 Å². The molecule has 0 radical (unpaired) electrons. The van der Waals surface area contributed by atoms with E-state index in [1.165, 1.54) is 0 Å². The number of nitrogens with zero attached hydrogens (tertiary/aromatic N) is 1. The average Bonchev–Trinajstić information content (AvgIpc) is 2.22. The molecule has 0 saturated carbocycles. The Morgan fingerprint density at radius 2 is 2.33 bits per heavy atom. The van der Waals surface area contributed by atoms with Gasteiger partial charge >= 0.3 is 0 Å². The lowest BCUT2D eigenvalue weighted by atomic mass is 10.1. The maximum absolute atomic E-state index is 9.91. The summed E-state index contributed by atoms with van der Waals surface area (Å²) in [4.78, 5) is 4.04. The molecule has 1 heterocycles. The minimum atomic E-state index is -0.506. The maximum atomic E-state index is 9.91. The fraction of sp³-hybridized carbons (Fsp3) is 0.545.